The first kappa shape index (κ1) is 24.9. The van der Waals surface area contributed by atoms with Crippen LogP contribution in [0.4, 0.5) is 24.7 Å². The summed E-state index contributed by atoms with van der Waals surface area (Å²) < 4.78 is 38.9. The molecule has 0 radical (unpaired) electrons. The first-order valence-corrected chi connectivity index (χ1v) is 11.6. The summed E-state index contributed by atoms with van der Waals surface area (Å²) in [6.45, 7) is 1.79. The lowest BCUT2D eigenvalue weighted by molar-refractivity contribution is -0.138. The van der Waals surface area contributed by atoms with Crippen LogP contribution in [-0.4, -0.2) is 37.0 Å². The molecular weight excluding hydrogens is 499 g/mol. The Bertz CT molecular complexity index is 1540. The lowest BCUT2D eigenvalue weighted by Crippen LogP contribution is -2.17. The monoisotopic (exact) mass is 519 g/mol. The minimum atomic E-state index is -4.65. The normalized spacial score (nSPS) is 13.2. The highest BCUT2D eigenvalue weighted by molar-refractivity contribution is 6.03. The molecule has 1 fully saturated rings. The molecule has 0 unspecified atom stereocenters. The van der Waals surface area contributed by atoms with Crippen molar-refractivity contribution < 1.29 is 22.8 Å². The Balaban J connectivity index is 1.38. The van der Waals surface area contributed by atoms with Crippen LogP contribution < -0.4 is 10.6 Å². The van der Waals surface area contributed by atoms with Crippen LogP contribution in [0.1, 0.15) is 34.6 Å². The Kier molecular flexibility index (Phi) is 6.53. The zero-order valence-electron chi connectivity index (χ0n) is 20.0. The molecule has 1 saturated carbocycles. The first-order chi connectivity index (χ1) is 18.2. The molecule has 0 atom stereocenters. The number of hydrogen-bond acceptors (Lipinski definition) is 7. The van der Waals surface area contributed by atoms with Crippen molar-refractivity contribution in [3.8, 4) is 22.4 Å². The topological polar surface area (TPSA) is 123 Å². The molecule has 0 bridgehead atoms. The Morgan fingerprint density at radius 1 is 0.921 bits per heavy atom. The zero-order chi connectivity index (χ0) is 26.9. The number of nitrogens with zero attached hydrogens (tertiary/aromatic N) is 5. The van der Waals surface area contributed by atoms with Crippen molar-refractivity contribution in [1.82, 2.24) is 25.1 Å². The van der Waals surface area contributed by atoms with E-state index in [0.717, 1.165) is 24.0 Å². The molecule has 2 N–H and O–H groups in total. The van der Waals surface area contributed by atoms with Gasteiger partial charge in [-0.05, 0) is 61.7 Å². The molecule has 0 aromatic carbocycles. The highest BCUT2D eigenvalue weighted by Crippen LogP contribution is 2.32. The van der Waals surface area contributed by atoms with Crippen molar-refractivity contribution in [2.24, 2.45) is 5.92 Å². The highest BCUT2D eigenvalue weighted by Gasteiger charge is 2.32. The summed E-state index contributed by atoms with van der Waals surface area (Å²) in [6.07, 6.45) is 2.28. The number of alkyl halides is 3. The summed E-state index contributed by atoms with van der Waals surface area (Å²) in [7, 11) is 0. The largest absolute Gasteiger partial charge is 0.418 e. The molecule has 2 amide bonds. The lowest BCUT2D eigenvalue weighted by Gasteiger charge is -2.11. The zero-order valence-corrected chi connectivity index (χ0v) is 20.0. The fourth-order valence-electron chi connectivity index (χ4n) is 3.71. The van der Waals surface area contributed by atoms with Crippen LogP contribution in [0.15, 0.2) is 61.2 Å². The van der Waals surface area contributed by atoms with E-state index in [9.17, 15) is 22.8 Å². The van der Waals surface area contributed by atoms with E-state index in [-0.39, 0.29) is 17.5 Å². The second-order valence-corrected chi connectivity index (χ2v) is 8.76. The van der Waals surface area contributed by atoms with Gasteiger partial charge in [-0.25, -0.2) is 4.98 Å². The molecule has 0 aliphatic heterocycles. The first-order valence-electron chi connectivity index (χ1n) is 11.6. The number of carbonyl (C=O) groups excluding carboxylic acids is 2. The maximum absolute atomic E-state index is 13.0. The molecule has 38 heavy (non-hydrogen) atoms. The van der Waals surface area contributed by atoms with E-state index in [2.05, 4.69) is 35.8 Å². The van der Waals surface area contributed by atoms with Gasteiger partial charge in [-0.15, -0.1) is 5.10 Å². The van der Waals surface area contributed by atoms with Gasteiger partial charge in [0.05, 0.1) is 29.3 Å². The van der Waals surface area contributed by atoms with Crippen LogP contribution in [-0.2, 0) is 11.0 Å². The predicted octanol–water partition coefficient (Wildman–Crippen LogP) is 4.92. The van der Waals surface area contributed by atoms with E-state index >= 15 is 0 Å². The number of aromatic nitrogens is 5. The molecule has 4 heterocycles. The third-order valence-corrected chi connectivity index (χ3v) is 5.89. The van der Waals surface area contributed by atoms with Crippen LogP contribution in [0, 0.1) is 12.8 Å². The van der Waals surface area contributed by atoms with Gasteiger partial charge in [-0.2, -0.15) is 18.3 Å². The highest BCUT2D eigenvalue weighted by atomic mass is 19.4. The Morgan fingerprint density at radius 3 is 2.45 bits per heavy atom. The smallest absolute Gasteiger partial charge is 0.319 e. The van der Waals surface area contributed by atoms with Crippen molar-refractivity contribution in [3.63, 3.8) is 0 Å². The second-order valence-electron chi connectivity index (χ2n) is 8.76. The van der Waals surface area contributed by atoms with Gasteiger partial charge in [0, 0.05) is 35.1 Å². The van der Waals surface area contributed by atoms with Gasteiger partial charge >= 0.3 is 6.18 Å². The third-order valence-electron chi connectivity index (χ3n) is 5.89. The number of amides is 2. The van der Waals surface area contributed by atoms with Gasteiger partial charge in [-0.3, -0.25) is 19.6 Å². The maximum atomic E-state index is 13.0. The molecule has 192 valence electrons. The molecule has 1 aliphatic rings. The second kappa shape index (κ2) is 9.96. The molecule has 0 spiro atoms. The van der Waals surface area contributed by atoms with Gasteiger partial charge in [-0.1, -0.05) is 0 Å². The molecule has 4 aromatic rings. The van der Waals surface area contributed by atoms with Crippen LogP contribution >= 0.6 is 0 Å². The molecule has 4 aromatic heterocycles. The van der Waals surface area contributed by atoms with Gasteiger partial charge in [0.25, 0.3) is 5.91 Å². The van der Waals surface area contributed by atoms with E-state index < -0.39 is 23.3 Å². The lowest BCUT2D eigenvalue weighted by atomic mass is 10.0. The summed E-state index contributed by atoms with van der Waals surface area (Å²) in [5.74, 6) is -0.418. The summed E-state index contributed by atoms with van der Waals surface area (Å²) in [5.41, 5.74) is 2.17. The number of hydrogen-bond donors (Lipinski definition) is 2. The van der Waals surface area contributed by atoms with Crippen molar-refractivity contribution in [2.45, 2.75) is 25.9 Å². The maximum Gasteiger partial charge on any atom is 0.418 e. The third kappa shape index (κ3) is 5.64. The summed E-state index contributed by atoms with van der Waals surface area (Å²) >= 11 is 0. The summed E-state index contributed by atoms with van der Waals surface area (Å²) in [4.78, 5) is 37.6. The Hall–Kier alpha value is -4.74. The van der Waals surface area contributed by atoms with E-state index in [0.29, 0.717) is 35.0 Å². The predicted molar refractivity (Wildman–Crippen MR) is 132 cm³/mol. The van der Waals surface area contributed by atoms with E-state index in [4.69, 9.17) is 0 Å². The Labute approximate surface area is 214 Å². The number of nitrogens with one attached hydrogen (secondary N) is 2. The number of aryl methyl sites for hydroxylation is 1. The molecule has 0 saturated heterocycles. The quantitative estimate of drug-likeness (QED) is 0.371. The van der Waals surface area contributed by atoms with Gasteiger partial charge in [0.15, 0.2) is 5.69 Å². The standard InChI is InChI=1S/C26H20F3N7O2/c1-14-20(11-19(13-32-14)34-25(38)22-10-18(12-33-36-22)26(27,28)29)16-4-6-30-21(8-16)17-5-7-31-23(9-17)35-24(37)15-2-3-15/h4-13,15H,2-3H2,1H3,(H,34,38)(H,31,35,37). The minimum absolute atomic E-state index is 0.0470. The number of rotatable bonds is 6. The van der Waals surface area contributed by atoms with Crippen LogP contribution in [0.2, 0.25) is 0 Å². The average molecular weight is 519 g/mol. The fraction of sp³-hybridized carbons (Fsp3) is 0.192. The Morgan fingerprint density at radius 2 is 1.68 bits per heavy atom. The molecule has 1 aliphatic carbocycles. The average Bonchev–Trinajstić information content (AvgIpc) is 3.75. The minimum Gasteiger partial charge on any atom is -0.319 e. The van der Waals surface area contributed by atoms with Crippen molar-refractivity contribution in [2.75, 3.05) is 10.6 Å². The number of anilines is 2. The number of pyridine rings is 3. The van der Waals surface area contributed by atoms with Crippen molar-refractivity contribution in [1.29, 1.82) is 0 Å². The summed E-state index contributed by atoms with van der Waals surface area (Å²) in [6, 6.07) is 9.41. The van der Waals surface area contributed by atoms with Gasteiger partial charge in [0.1, 0.15) is 5.82 Å². The van der Waals surface area contributed by atoms with E-state index in [1.807, 2.05) is 6.07 Å². The van der Waals surface area contributed by atoms with E-state index in [1.165, 1.54) is 6.20 Å². The number of halogens is 3. The van der Waals surface area contributed by atoms with Crippen molar-refractivity contribution in [3.05, 3.63) is 78.1 Å². The van der Waals surface area contributed by atoms with Gasteiger partial charge < -0.3 is 10.6 Å². The van der Waals surface area contributed by atoms with Crippen LogP contribution in [0.5, 0.6) is 0 Å². The number of carbonyl (C=O) groups is 2. The molecule has 9 nitrogen and oxygen atoms in total. The molecular formula is C26H20F3N7O2. The van der Waals surface area contributed by atoms with E-state index in [1.54, 1.807) is 43.6 Å². The van der Waals surface area contributed by atoms with Crippen LogP contribution in [0.3, 0.4) is 0 Å². The SMILES string of the molecule is Cc1ncc(NC(=O)c2cc(C(F)(F)F)cnn2)cc1-c1ccnc(-c2ccnc(NC(=O)C3CC3)c2)c1. The molecule has 12 heteroatoms. The van der Waals surface area contributed by atoms with Crippen molar-refractivity contribution >= 4 is 23.3 Å². The van der Waals surface area contributed by atoms with Gasteiger partial charge in [0.2, 0.25) is 5.91 Å². The fourth-order valence-corrected chi connectivity index (χ4v) is 3.71. The molecule has 5 rings (SSSR count). The van der Waals surface area contributed by atoms with Crippen LogP contribution in [0.25, 0.3) is 22.4 Å². The summed E-state index contributed by atoms with van der Waals surface area (Å²) in [5, 5.41) is 12.1.